The molecule has 1 unspecified atom stereocenters. The van der Waals surface area contributed by atoms with Crippen LogP contribution in [0.25, 0.3) is 0 Å². The van der Waals surface area contributed by atoms with Crippen molar-refractivity contribution in [2.24, 2.45) is 0 Å². The van der Waals surface area contributed by atoms with Gasteiger partial charge in [-0.25, -0.2) is 0 Å². The highest BCUT2D eigenvalue weighted by Gasteiger charge is 2.21. The summed E-state index contributed by atoms with van der Waals surface area (Å²) in [6.45, 7) is 4.18. The summed E-state index contributed by atoms with van der Waals surface area (Å²) in [7, 11) is 1.15. The SMILES string of the molecule is CCCCCCCC/C=C/CCCCCCCC(=O)O[C@H](COC(=O)CCCCC/C=C/CCCCCCCC)COP(=O)([O-])OCC[N+](C)(C)C. The second kappa shape index (κ2) is 35.2. The number of phosphoric ester groups is 1. The molecule has 0 rings (SSSR count). The smallest absolute Gasteiger partial charge is 0.306 e. The number of hydrogen-bond donors (Lipinski definition) is 0. The van der Waals surface area contributed by atoms with Gasteiger partial charge in [-0.1, -0.05) is 128 Å². The first kappa shape index (κ1) is 50.5. The van der Waals surface area contributed by atoms with Crippen LogP contribution in [0.4, 0.5) is 0 Å². The van der Waals surface area contributed by atoms with Gasteiger partial charge in [0.25, 0.3) is 7.82 Å². The molecule has 0 aliphatic heterocycles. The Bertz CT molecular complexity index is 949. The summed E-state index contributed by atoms with van der Waals surface area (Å²) >= 11 is 0. The van der Waals surface area contributed by atoms with Crippen LogP contribution in [0.5, 0.6) is 0 Å². The Hall–Kier alpha value is -1.51. The number of allylic oxidation sites excluding steroid dienone is 4. The number of hydrogen-bond acceptors (Lipinski definition) is 8. The maximum atomic E-state index is 12.6. The second-order valence-electron chi connectivity index (χ2n) is 15.3. The molecule has 0 fully saturated rings. The predicted molar refractivity (Wildman–Crippen MR) is 213 cm³/mol. The van der Waals surface area contributed by atoms with E-state index in [-0.39, 0.29) is 26.1 Å². The van der Waals surface area contributed by atoms with Crippen LogP contribution in [-0.4, -0.2) is 70.0 Å². The van der Waals surface area contributed by atoms with Crippen LogP contribution in [0, 0.1) is 0 Å². The highest BCUT2D eigenvalue weighted by atomic mass is 31.2. The number of carbonyl (C=O) groups excluding carboxylic acids is 2. The van der Waals surface area contributed by atoms with Crippen molar-refractivity contribution in [2.75, 3.05) is 47.5 Å². The second-order valence-corrected chi connectivity index (χ2v) is 16.8. The van der Waals surface area contributed by atoms with Crippen LogP contribution in [-0.2, 0) is 32.7 Å². The Kier molecular flexibility index (Phi) is 34.2. The van der Waals surface area contributed by atoms with E-state index in [0.29, 0.717) is 23.9 Å². The molecule has 0 N–H and O–H groups in total. The van der Waals surface area contributed by atoms with Gasteiger partial charge in [0.1, 0.15) is 19.8 Å². The predicted octanol–water partition coefficient (Wildman–Crippen LogP) is 10.9. The zero-order valence-electron chi connectivity index (χ0n) is 34.3. The van der Waals surface area contributed by atoms with Crippen molar-refractivity contribution in [3.8, 4) is 0 Å². The topological polar surface area (TPSA) is 111 Å². The highest BCUT2D eigenvalue weighted by molar-refractivity contribution is 7.45. The van der Waals surface area contributed by atoms with E-state index in [0.717, 1.165) is 57.8 Å². The molecule has 10 heteroatoms. The lowest BCUT2D eigenvalue weighted by molar-refractivity contribution is -0.870. The van der Waals surface area contributed by atoms with Crippen molar-refractivity contribution >= 4 is 19.8 Å². The van der Waals surface area contributed by atoms with Crippen molar-refractivity contribution in [1.29, 1.82) is 0 Å². The van der Waals surface area contributed by atoms with Crippen LogP contribution in [0.3, 0.4) is 0 Å². The van der Waals surface area contributed by atoms with E-state index < -0.39 is 32.5 Å². The number of likely N-dealkylation sites (N-methyl/N-ethyl adjacent to an activating group) is 1. The maximum Gasteiger partial charge on any atom is 0.306 e. The number of ether oxygens (including phenoxy) is 2. The molecule has 0 saturated carbocycles. The number of nitrogens with zero attached hydrogens (tertiary/aromatic N) is 1. The third-order valence-corrected chi connectivity index (χ3v) is 9.91. The standard InChI is InChI=1S/C42H80NO8P/c1-6-8-10-12-14-16-18-20-21-23-25-27-29-31-33-35-42(45)51-40(39-50-52(46,47)49-37-36-43(3,4)5)38-48-41(44)34-32-30-28-26-24-22-19-17-15-13-11-9-7-2/h20-22,24,40H,6-19,23,25-39H2,1-5H3/b21-20+,24-22+/t40-/m1/s1. The average molecular weight is 758 g/mol. The first-order valence-electron chi connectivity index (χ1n) is 21.0. The van der Waals surface area contributed by atoms with E-state index >= 15 is 0 Å². The van der Waals surface area contributed by atoms with Gasteiger partial charge in [0.2, 0.25) is 0 Å². The van der Waals surface area contributed by atoms with Gasteiger partial charge in [0, 0.05) is 12.8 Å². The molecule has 0 heterocycles. The number of phosphoric acid groups is 1. The number of quaternary nitrogens is 1. The molecular weight excluding hydrogens is 677 g/mol. The number of carbonyl (C=O) groups is 2. The minimum atomic E-state index is -4.62. The summed E-state index contributed by atoms with van der Waals surface area (Å²) in [4.78, 5) is 37.4. The summed E-state index contributed by atoms with van der Waals surface area (Å²) in [5, 5.41) is 0. The Morgan fingerprint density at radius 2 is 0.981 bits per heavy atom. The Morgan fingerprint density at radius 1 is 0.577 bits per heavy atom. The zero-order valence-corrected chi connectivity index (χ0v) is 35.2. The molecule has 0 saturated heterocycles. The fourth-order valence-electron chi connectivity index (χ4n) is 5.58. The van der Waals surface area contributed by atoms with E-state index in [2.05, 4.69) is 38.2 Å². The monoisotopic (exact) mass is 758 g/mol. The maximum absolute atomic E-state index is 12.6. The van der Waals surface area contributed by atoms with E-state index in [1.165, 1.54) is 83.5 Å². The minimum absolute atomic E-state index is 0.0336. The molecule has 9 nitrogen and oxygen atoms in total. The first-order valence-corrected chi connectivity index (χ1v) is 22.5. The van der Waals surface area contributed by atoms with Gasteiger partial charge in [0.15, 0.2) is 6.10 Å². The Morgan fingerprint density at radius 3 is 1.44 bits per heavy atom. The largest absolute Gasteiger partial charge is 0.756 e. The van der Waals surface area contributed by atoms with Crippen LogP contribution in [0.2, 0.25) is 0 Å². The van der Waals surface area contributed by atoms with Gasteiger partial charge in [-0.05, 0) is 64.2 Å². The molecule has 306 valence electrons. The summed E-state index contributed by atoms with van der Waals surface area (Å²) in [6.07, 6.45) is 36.3. The van der Waals surface area contributed by atoms with Gasteiger partial charge in [0.05, 0.1) is 27.7 Å². The molecule has 0 radical (unpaired) electrons. The van der Waals surface area contributed by atoms with Gasteiger partial charge in [-0.15, -0.1) is 0 Å². The molecule has 0 aliphatic carbocycles. The summed E-state index contributed by atoms with van der Waals surface area (Å²) in [6, 6.07) is 0. The molecule has 0 bridgehead atoms. The van der Waals surface area contributed by atoms with Crippen molar-refractivity contribution in [3.63, 3.8) is 0 Å². The Balaban J connectivity index is 4.42. The quantitative estimate of drug-likeness (QED) is 0.0201. The average Bonchev–Trinajstić information content (AvgIpc) is 3.09. The number of unbranched alkanes of at least 4 members (excludes halogenated alkanes) is 20. The fraction of sp³-hybridized carbons (Fsp3) is 0.857. The molecule has 0 spiro atoms. The lowest BCUT2D eigenvalue weighted by Crippen LogP contribution is -2.37. The van der Waals surface area contributed by atoms with Crippen LogP contribution in [0.15, 0.2) is 24.3 Å². The molecule has 0 aromatic rings. The van der Waals surface area contributed by atoms with E-state index in [1.54, 1.807) is 0 Å². The van der Waals surface area contributed by atoms with Gasteiger partial charge in [-0.3, -0.25) is 14.2 Å². The summed E-state index contributed by atoms with van der Waals surface area (Å²) < 4.78 is 33.8. The first-order chi connectivity index (χ1) is 25.0. The normalized spacial score (nSPS) is 13.9. The minimum Gasteiger partial charge on any atom is -0.756 e. The molecular formula is C42H80NO8P. The van der Waals surface area contributed by atoms with Crippen LogP contribution in [0.1, 0.15) is 181 Å². The lowest BCUT2D eigenvalue weighted by Gasteiger charge is -2.28. The van der Waals surface area contributed by atoms with Gasteiger partial charge < -0.3 is 27.9 Å². The molecule has 0 aromatic heterocycles. The number of esters is 2. The van der Waals surface area contributed by atoms with E-state index in [9.17, 15) is 19.0 Å². The number of rotatable bonds is 38. The van der Waals surface area contributed by atoms with E-state index in [1.807, 2.05) is 21.1 Å². The molecule has 0 amide bonds. The van der Waals surface area contributed by atoms with Gasteiger partial charge in [-0.2, -0.15) is 0 Å². The van der Waals surface area contributed by atoms with Crippen LogP contribution >= 0.6 is 7.82 Å². The van der Waals surface area contributed by atoms with Crippen molar-refractivity contribution in [1.82, 2.24) is 0 Å². The van der Waals surface area contributed by atoms with Crippen molar-refractivity contribution in [3.05, 3.63) is 24.3 Å². The third-order valence-electron chi connectivity index (χ3n) is 8.94. The summed E-state index contributed by atoms with van der Waals surface area (Å²) in [5.41, 5.74) is 0. The lowest BCUT2D eigenvalue weighted by atomic mass is 10.1. The molecule has 0 aromatic carbocycles. The molecule has 0 aliphatic rings. The van der Waals surface area contributed by atoms with Crippen LogP contribution < -0.4 is 4.89 Å². The Labute approximate surface area is 319 Å². The van der Waals surface area contributed by atoms with Crippen molar-refractivity contribution < 1.29 is 42.1 Å². The van der Waals surface area contributed by atoms with E-state index in [4.69, 9.17) is 18.5 Å². The molecule has 2 atom stereocenters. The van der Waals surface area contributed by atoms with Gasteiger partial charge >= 0.3 is 11.9 Å². The fourth-order valence-corrected chi connectivity index (χ4v) is 6.31. The zero-order chi connectivity index (χ0) is 38.6. The third kappa shape index (κ3) is 38.2. The molecule has 52 heavy (non-hydrogen) atoms. The highest BCUT2D eigenvalue weighted by Crippen LogP contribution is 2.38. The van der Waals surface area contributed by atoms with Crippen molar-refractivity contribution in [2.45, 2.75) is 187 Å². The summed E-state index contributed by atoms with van der Waals surface area (Å²) in [5.74, 6) is -0.861.